The van der Waals surface area contributed by atoms with Crippen LogP contribution in [0.15, 0.2) is 12.1 Å². The van der Waals surface area contributed by atoms with Crippen LogP contribution >= 0.6 is 11.6 Å². The summed E-state index contributed by atoms with van der Waals surface area (Å²) in [5.74, 6) is -1.46. The lowest BCUT2D eigenvalue weighted by Gasteiger charge is -2.36. The SMILES string of the molecule is OC1[C@H](O)CN(CCc2c(F)ccc(Cl)c2F)C[C@@H]1O. The van der Waals surface area contributed by atoms with Gasteiger partial charge < -0.3 is 15.3 Å². The van der Waals surface area contributed by atoms with E-state index in [-0.39, 0.29) is 36.6 Å². The zero-order valence-corrected chi connectivity index (χ0v) is 11.4. The molecule has 1 aromatic rings. The van der Waals surface area contributed by atoms with Crippen LogP contribution in [0.25, 0.3) is 0 Å². The van der Waals surface area contributed by atoms with Crippen LogP contribution in [-0.2, 0) is 6.42 Å². The lowest BCUT2D eigenvalue weighted by Crippen LogP contribution is -2.55. The van der Waals surface area contributed by atoms with Crippen molar-refractivity contribution in [2.45, 2.75) is 24.7 Å². The van der Waals surface area contributed by atoms with Gasteiger partial charge in [-0.15, -0.1) is 0 Å². The molecule has 4 nitrogen and oxygen atoms in total. The Hall–Kier alpha value is -0.790. The molecule has 1 aliphatic heterocycles. The summed E-state index contributed by atoms with van der Waals surface area (Å²) in [6.07, 6.45) is -3.28. The van der Waals surface area contributed by atoms with Gasteiger partial charge in [0.2, 0.25) is 0 Å². The molecular formula is C13H16ClF2NO3. The molecule has 0 aromatic heterocycles. The molecule has 3 N–H and O–H groups in total. The van der Waals surface area contributed by atoms with Gasteiger partial charge in [0, 0.05) is 25.2 Å². The van der Waals surface area contributed by atoms with E-state index in [1.807, 2.05) is 0 Å². The van der Waals surface area contributed by atoms with Crippen molar-refractivity contribution in [1.29, 1.82) is 0 Å². The summed E-state index contributed by atoms with van der Waals surface area (Å²) in [6, 6.07) is 2.25. The topological polar surface area (TPSA) is 63.9 Å². The van der Waals surface area contributed by atoms with Crippen LogP contribution in [0, 0.1) is 11.6 Å². The average molecular weight is 308 g/mol. The number of likely N-dealkylation sites (tertiary alicyclic amines) is 1. The summed E-state index contributed by atoms with van der Waals surface area (Å²) in [7, 11) is 0. The number of aliphatic hydroxyl groups excluding tert-OH is 3. The Morgan fingerprint density at radius 1 is 1.15 bits per heavy atom. The maximum absolute atomic E-state index is 13.7. The van der Waals surface area contributed by atoms with E-state index in [2.05, 4.69) is 0 Å². The van der Waals surface area contributed by atoms with Crippen LogP contribution in [-0.4, -0.2) is 58.2 Å². The van der Waals surface area contributed by atoms with Gasteiger partial charge in [0.05, 0.1) is 17.2 Å². The first kappa shape index (κ1) is 15.6. The summed E-state index contributed by atoms with van der Waals surface area (Å²) >= 11 is 5.60. The minimum atomic E-state index is -1.19. The van der Waals surface area contributed by atoms with Crippen molar-refractivity contribution in [2.24, 2.45) is 0 Å². The van der Waals surface area contributed by atoms with E-state index in [1.54, 1.807) is 4.90 Å². The minimum Gasteiger partial charge on any atom is -0.389 e. The van der Waals surface area contributed by atoms with Gasteiger partial charge in [-0.25, -0.2) is 8.78 Å². The van der Waals surface area contributed by atoms with E-state index >= 15 is 0 Å². The van der Waals surface area contributed by atoms with E-state index in [0.29, 0.717) is 0 Å². The van der Waals surface area contributed by atoms with Crippen LogP contribution in [0.2, 0.25) is 5.02 Å². The molecule has 0 spiro atoms. The molecule has 0 radical (unpaired) electrons. The lowest BCUT2D eigenvalue weighted by atomic mass is 10.0. The molecular weight excluding hydrogens is 292 g/mol. The number of hydrogen-bond acceptors (Lipinski definition) is 4. The van der Waals surface area contributed by atoms with Gasteiger partial charge >= 0.3 is 0 Å². The lowest BCUT2D eigenvalue weighted by molar-refractivity contribution is -0.109. The van der Waals surface area contributed by atoms with Crippen molar-refractivity contribution < 1.29 is 24.1 Å². The number of rotatable bonds is 3. The van der Waals surface area contributed by atoms with Crippen molar-refractivity contribution in [3.8, 4) is 0 Å². The van der Waals surface area contributed by atoms with E-state index in [4.69, 9.17) is 11.6 Å². The highest BCUT2D eigenvalue weighted by atomic mass is 35.5. The molecule has 1 unspecified atom stereocenters. The second-order valence-corrected chi connectivity index (χ2v) is 5.36. The van der Waals surface area contributed by atoms with Crippen LogP contribution in [0.4, 0.5) is 8.78 Å². The first-order valence-electron chi connectivity index (χ1n) is 6.29. The molecule has 3 atom stereocenters. The average Bonchev–Trinajstić information content (AvgIpc) is 2.40. The summed E-state index contributed by atoms with van der Waals surface area (Å²) < 4.78 is 27.2. The van der Waals surface area contributed by atoms with Gasteiger partial charge in [0.25, 0.3) is 0 Å². The molecule has 0 bridgehead atoms. The number of piperidine rings is 1. The standard InChI is InChI=1S/C13H16ClF2NO3/c14-8-1-2-9(15)7(12(8)16)3-4-17-5-10(18)13(20)11(19)6-17/h1-2,10-11,13,18-20H,3-6H2/t10-,11+,13?. The fourth-order valence-corrected chi connectivity index (χ4v) is 2.50. The van der Waals surface area contributed by atoms with Crippen LogP contribution in [0.3, 0.4) is 0 Å². The van der Waals surface area contributed by atoms with Crippen molar-refractivity contribution in [1.82, 2.24) is 4.90 Å². The van der Waals surface area contributed by atoms with Gasteiger partial charge in [-0.2, -0.15) is 0 Å². The molecule has 112 valence electrons. The number of halogens is 3. The molecule has 20 heavy (non-hydrogen) atoms. The number of nitrogens with zero attached hydrogens (tertiary/aromatic N) is 1. The third-order valence-corrected chi connectivity index (χ3v) is 3.79. The summed E-state index contributed by atoms with van der Waals surface area (Å²) in [5.41, 5.74) is -0.118. The van der Waals surface area contributed by atoms with E-state index in [1.165, 1.54) is 0 Å². The Morgan fingerprint density at radius 3 is 2.35 bits per heavy atom. The highest BCUT2D eigenvalue weighted by Crippen LogP contribution is 2.22. The summed E-state index contributed by atoms with van der Waals surface area (Å²) in [5, 5.41) is 28.4. The molecule has 1 aliphatic rings. The van der Waals surface area contributed by atoms with Crippen molar-refractivity contribution in [3.05, 3.63) is 34.4 Å². The smallest absolute Gasteiger partial charge is 0.147 e. The van der Waals surface area contributed by atoms with E-state index in [9.17, 15) is 24.1 Å². The van der Waals surface area contributed by atoms with Gasteiger partial charge in [-0.3, -0.25) is 4.90 Å². The highest BCUT2D eigenvalue weighted by Gasteiger charge is 2.33. The van der Waals surface area contributed by atoms with Gasteiger partial charge in [0.1, 0.15) is 17.7 Å². The molecule has 0 aliphatic carbocycles. The van der Waals surface area contributed by atoms with Crippen LogP contribution in [0.1, 0.15) is 5.56 Å². The molecule has 1 aromatic carbocycles. The number of aliphatic hydroxyl groups is 3. The Kier molecular flexibility index (Phi) is 4.93. The maximum atomic E-state index is 13.7. The highest BCUT2D eigenvalue weighted by molar-refractivity contribution is 6.30. The fourth-order valence-electron chi connectivity index (χ4n) is 2.33. The Bertz CT molecular complexity index is 477. The minimum absolute atomic E-state index is 0.0633. The van der Waals surface area contributed by atoms with Gasteiger partial charge in [-0.1, -0.05) is 11.6 Å². The van der Waals surface area contributed by atoms with Crippen LogP contribution in [0.5, 0.6) is 0 Å². The molecule has 2 rings (SSSR count). The predicted octanol–water partition coefficient (Wildman–Crippen LogP) is 0.559. The van der Waals surface area contributed by atoms with E-state index in [0.717, 1.165) is 12.1 Å². The Morgan fingerprint density at radius 2 is 1.75 bits per heavy atom. The third kappa shape index (κ3) is 3.27. The molecule has 0 saturated carbocycles. The monoisotopic (exact) mass is 307 g/mol. The predicted molar refractivity (Wildman–Crippen MR) is 69.5 cm³/mol. The van der Waals surface area contributed by atoms with Crippen LogP contribution < -0.4 is 0 Å². The summed E-state index contributed by atoms with van der Waals surface area (Å²) in [6.45, 7) is 0.527. The largest absolute Gasteiger partial charge is 0.389 e. The summed E-state index contributed by atoms with van der Waals surface area (Å²) in [4.78, 5) is 1.64. The molecule has 0 amide bonds. The second kappa shape index (κ2) is 6.32. The second-order valence-electron chi connectivity index (χ2n) is 4.96. The Balaban J connectivity index is 2.01. The quantitative estimate of drug-likeness (QED) is 0.714. The normalized spacial score (nSPS) is 27.8. The maximum Gasteiger partial charge on any atom is 0.147 e. The third-order valence-electron chi connectivity index (χ3n) is 3.50. The van der Waals surface area contributed by atoms with Crippen molar-refractivity contribution in [2.75, 3.05) is 19.6 Å². The zero-order chi connectivity index (χ0) is 14.9. The molecule has 1 fully saturated rings. The van der Waals surface area contributed by atoms with Gasteiger partial charge in [0.15, 0.2) is 0 Å². The first-order valence-corrected chi connectivity index (χ1v) is 6.67. The molecule has 1 heterocycles. The number of hydrogen-bond donors (Lipinski definition) is 3. The van der Waals surface area contributed by atoms with Gasteiger partial charge in [-0.05, 0) is 18.6 Å². The van der Waals surface area contributed by atoms with Crippen molar-refractivity contribution >= 4 is 11.6 Å². The molecule has 7 heteroatoms. The first-order chi connectivity index (χ1) is 9.40. The fraction of sp³-hybridized carbons (Fsp3) is 0.538. The zero-order valence-electron chi connectivity index (χ0n) is 10.6. The number of β-amino-alcohol motifs (C(OH)–C–C–N with tert-alkyl or cyclic N) is 2. The number of benzene rings is 1. The van der Waals surface area contributed by atoms with Crippen molar-refractivity contribution in [3.63, 3.8) is 0 Å². The Labute approximate surface area is 120 Å². The molecule has 1 saturated heterocycles. The van der Waals surface area contributed by atoms with E-state index < -0.39 is 29.9 Å².